The fourth-order valence-electron chi connectivity index (χ4n) is 3.64. The maximum absolute atomic E-state index is 12.9. The number of nitrogen functional groups attached to an aromatic ring is 1. The number of hydrogen-bond acceptors (Lipinski definition) is 4. The first-order chi connectivity index (χ1) is 11.1. The number of nitrogens with two attached hydrogens (primary N) is 1. The van der Waals surface area contributed by atoms with E-state index in [0.29, 0.717) is 24.3 Å². The zero-order valence-corrected chi connectivity index (χ0v) is 13.2. The summed E-state index contributed by atoms with van der Waals surface area (Å²) in [6.45, 7) is 2.99. The van der Waals surface area contributed by atoms with E-state index in [0.717, 1.165) is 23.9 Å². The lowest BCUT2D eigenvalue weighted by molar-refractivity contribution is -0.0368. The molecule has 2 aliphatic heterocycles. The monoisotopic (exact) mass is 311 g/mol. The SMILES string of the molecule is CN1CCO[C@@H]2CN(C(=O)c3cc4ccccc4cc3N)C[C@@H]21. The zero-order valence-electron chi connectivity index (χ0n) is 13.2. The van der Waals surface area contributed by atoms with Gasteiger partial charge in [-0.1, -0.05) is 24.3 Å². The van der Waals surface area contributed by atoms with E-state index in [4.69, 9.17) is 10.5 Å². The van der Waals surface area contributed by atoms with Crippen LogP contribution in [0.4, 0.5) is 5.69 Å². The number of likely N-dealkylation sites (N-methyl/N-ethyl adjacent to an activating group) is 1. The number of hydrogen-bond donors (Lipinski definition) is 1. The molecule has 0 saturated carbocycles. The molecule has 2 fully saturated rings. The van der Waals surface area contributed by atoms with E-state index in [1.807, 2.05) is 41.3 Å². The number of benzene rings is 2. The van der Waals surface area contributed by atoms with Crippen molar-refractivity contribution in [1.82, 2.24) is 9.80 Å². The van der Waals surface area contributed by atoms with Crippen LogP contribution in [-0.2, 0) is 4.74 Å². The minimum atomic E-state index is -0.000321. The Kier molecular flexibility index (Phi) is 3.47. The van der Waals surface area contributed by atoms with E-state index >= 15 is 0 Å². The van der Waals surface area contributed by atoms with Gasteiger partial charge in [0.25, 0.3) is 5.91 Å². The Hall–Kier alpha value is -2.11. The van der Waals surface area contributed by atoms with Crippen LogP contribution < -0.4 is 5.73 Å². The van der Waals surface area contributed by atoms with Crippen molar-refractivity contribution in [2.24, 2.45) is 0 Å². The molecule has 0 bridgehead atoms. The molecular weight excluding hydrogens is 290 g/mol. The summed E-state index contributed by atoms with van der Waals surface area (Å²) >= 11 is 0. The quantitative estimate of drug-likeness (QED) is 0.812. The second kappa shape index (κ2) is 5.51. The van der Waals surface area contributed by atoms with Gasteiger partial charge in [0, 0.05) is 25.3 Å². The average Bonchev–Trinajstić information content (AvgIpc) is 2.99. The molecule has 1 amide bonds. The number of nitrogens with zero attached hydrogens (tertiary/aromatic N) is 2. The van der Waals surface area contributed by atoms with Crippen molar-refractivity contribution in [1.29, 1.82) is 0 Å². The highest BCUT2D eigenvalue weighted by molar-refractivity contribution is 6.04. The van der Waals surface area contributed by atoms with Gasteiger partial charge < -0.3 is 15.4 Å². The first kappa shape index (κ1) is 14.5. The summed E-state index contributed by atoms with van der Waals surface area (Å²) in [5.74, 6) is -0.000321. The predicted molar refractivity (Wildman–Crippen MR) is 90.4 cm³/mol. The summed E-state index contributed by atoms with van der Waals surface area (Å²) in [6, 6.07) is 12.0. The van der Waals surface area contributed by atoms with Crippen molar-refractivity contribution in [3.63, 3.8) is 0 Å². The molecule has 0 spiro atoms. The molecule has 2 aliphatic rings. The standard InChI is InChI=1S/C18H21N3O2/c1-20-6-7-23-17-11-21(10-16(17)20)18(22)14-8-12-4-2-3-5-13(12)9-15(14)19/h2-5,8-9,16-17H,6-7,10-11,19H2,1H3/t16-,17+/m0/s1. The number of amides is 1. The average molecular weight is 311 g/mol. The number of carbonyl (C=O) groups is 1. The van der Waals surface area contributed by atoms with Gasteiger partial charge in [-0.2, -0.15) is 0 Å². The minimum Gasteiger partial charge on any atom is -0.398 e. The van der Waals surface area contributed by atoms with Crippen LogP contribution in [0.2, 0.25) is 0 Å². The molecule has 5 nitrogen and oxygen atoms in total. The van der Waals surface area contributed by atoms with E-state index in [1.165, 1.54) is 0 Å². The number of likely N-dealkylation sites (tertiary alicyclic amines) is 1. The largest absolute Gasteiger partial charge is 0.398 e. The van der Waals surface area contributed by atoms with Crippen LogP contribution in [0.15, 0.2) is 36.4 Å². The summed E-state index contributed by atoms with van der Waals surface area (Å²) in [7, 11) is 2.10. The molecule has 4 rings (SSSR count). The van der Waals surface area contributed by atoms with Gasteiger partial charge >= 0.3 is 0 Å². The van der Waals surface area contributed by atoms with E-state index in [2.05, 4.69) is 11.9 Å². The topological polar surface area (TPSA) is 58.8 Å². The van der Waals surface area contributed by atoms with Crippen molar-refractivity contribution >= 4 is 22.4 Å². The molecule has 0 radical (unpaired) electrons. The van der Waals surface area contributed by atoms with Crippen molar-refractivity contribution in [2.75, 3.05) is 39.0 Å². The Morgan fingerprint density at radius 3 is 2.70 bits per heavy atom. The Balaban J connectivity index is 1.63. The molecule has 0 unspecified atom stereocenters. The lowest BCUT2D eigenvalue weighted by Gasteiger charge is -2.33. The van der Waals surface area contributed by atoms with Crippen molar-refractivity contribution < 1.29 is 9.53 Å². The second-order valence-corrected chi connectivity index (χ2v) is 6.45. The van der Waals surface area contributed by atoms with Gasteiger partial charge in [0.15, 0.2) is 0 Å². The van der Waals surface area contributed by atoms with Crippen molar-refractivity contribution in [3.05, 3.63) is 42.0 Å². The minimum absolute atomic E-state index is 0.000321. The summed E-state index contributed by atoms with van der Waals surface area (Å²) < 4.78 is 5.82. The molecule has 0 aliphatic carbocycles. The maximum Gasteiger partial charge on any atom is 0.256 e. The van der Waals surface area contributed by atoms with E-state index in [1.54, 1.807) is 0 Å². The van der Waals surface area contributed by atoms with Crippen molar-refractivity contribution in [3.8, 4) is 0 Å². The molecule has 2 heterocycles. The number of morpholine rings is 1. The van der Waals surface area contributed by atoms with Crippen LogP contribution in [0, 0.1) is 0 Å². The summed E-state index contributed by atoms with van der Waals surface area (Å²) in [5, 5.41) is 2.09. The third kappa shape index (κ3) is 2.46. The lowest BCUT2D eigenvalue weighted by Crippen LogP contribution is -2.48. The lowest BCUT2D eigenvalue weighted by atomic mass is 10.0. The van der Waals surface area contributed by atoms with E-state index in [9.17, 15) is 4.79 Å². The zero-order chi connectivity index (χ0) is 16.0. The molecule has 0 aromatic heterocycles. The fourth-order valence-corrected chi connectivity index (χ4v) is 3.64. The molecule has 120 valence electrons. The first-order valence-electron chi connectivity index (χ1n) is 8.03. The number of fused-ring (bicyclic) bond motifs is 2. The van der Waals surface area contributed by atoms with Crippen LogP contribution >= 0.6 is 0 Å². The molecule has 2 N–H and O–H groups in total. The second-order valence-electron chi connectivity index (χ2n) is 6.45. The molecule has 2 atom stereocenters. The van der Waals surface area contributed by atoms with Gasteiger partial charge in [0.1, 0.15) is 0 Å². The fraction of sp³-hybridized carbons (Fsp3) is 0.389. The predicted octanol–water partition coefficient (Wildman–Crippen LogP) is 1.58. The summed E-state index contributed by atoms with van der Waals surface area (Å²) in [6.07, 6.45) is 0.111. The smallest absolute Gasteiger partial charge is 0.256 e. The Morgan fingerprint density at radius 1 is 1.22 bits per heavy atom. The van der Waals surface area contributed by atoms with Gasteiger partial charge in [0.05, 0.1) is 24.3 Å². The molecule has 5 heteroatoms. The van der Waals surface area contributed by atoms with Crippen LogP contribution in [0.3, 0.4) is 0 Å². The summed E-state index contributed by atoms with van der Waals surface area (Å²) in [4.78, 5) is 17.1. The Labute approximate surface area is 135 Å². The van der Waals surface area contributed by atoms with E-state index < -0.39 is 0 Å². The van der Waals surface area contributed by atoms with Gasteiger partial charge in [0.2, 0.25) is 0 Å². The third-order valence-electron chi connectivity index (χ3n) is 5.01. The van der Waals surface area contributed by atoms with Gasteiger partial charge in [-0.15, -0.1) is 0 Å². The van der Waals surface area contributed by atoms with Crippen molar-refractivity contribution in [2.45, 2.75) is 12.1 Å². The molecule has 2 aromatic rings. The normalized spacial score (nSPS) is 24.8. The Morgan fingerprint density at radius 2 is 1.96 bits per heavy atom. The first-order valence-corrected chi connectivity index (χ1v) is 8.03. The van der Waals surface area contributed by atoms with Crippen LogP contribution in [0.25, 0.3) is 10.8 Å². The maximum atomic E-state index is 12.9. The summed E-state index contributed by atoms with van der Waals surface area (Å²) in [5.41, 5.74) is 7.27. The van der Waals surface area contributed by atoms with Crippen LogP contribution in [-0.4, -0.2) is 61.1 Å². The van der Waals surface area contributed by atoms with Crippen LogP contribution in [0.5, 0.6) is 0 Å². The number of anilines is 1. The number of carbonyl (C=O) groups excluding carboxylic acids is 1. The Bertz CT molecular complexity index is 761. The highest BCUT2D eigenvalue weighted by Gasteiger charge is 2.40. The van der Waals surface area contributed by atoms with E-state index in [-0.39, 0.29) is 18.1 Å². The van der Waals surface area contributed by atoms with Crippen LogP contribution in [0.1, 0.15) is 10.4 Å². The van der Waals surface area contributed by atoms with Gasteiger partial charge in [-0.05, 0) is 30.0 Å². The number of ether oxygens (including phenoxy) is 1. The third-order valence-corrected chi connectivity index (χ3v) is 5.01. The highest BCUT2D eigenvalue weighted by Crippen LogP contribution is 2.27. The molecule has 2 saturated heterocycles. The molecule has 23 heavy (non-hydrogen) atoms. The highest BCUT2D eigenvalue weighted by atomic mass is 16.5. The van der Waals surface area contributed by atoms with Gasteiger partial charge in [-0.25, -0.2) is 0 Å². The number of rotatable bonds is 1. The molecular formula is C18H21N3O2. The van der Waals surface area contributed by atoms with Gasteiger partial charge in [-0.3, -0.25) is 9.69 Å². The molecule has 2 aromatic carbocycles.